The van der Waals surface area contributed by atoms with E-state index in [2.05, 4.69) is 9.97 Å². The fourth-order valence-electron chi connectivity index (χ4n) is 4.59. The summed E-state index contributed by atoms with van der Waals surface area (Å²) < 4.78 is 34.8. The van der Waals surface area contributed by atoms with Crippen LogP contribution in [-0.2, 0) is 14.2 Å². The highest BCUT2D eigenvalue weighted by molar-refractivity contribution is 6.33. The highest BCUT2D eigenvalue weighted by Gasteiger charge is 2.58. The number of ether oxygens (including phenoxy) is 3. The number of aliphatic hydroxyl groups excluding tert-OH is 2. The second kappa shape index (κ2) is 8.42. The lowest BCUT2D eigenvalue weighted by Gasteiger charge is -2.28. The Labute approximate surface area is 198 Å². The summed E-state index contributed by atoms with van der Waals surface area (Å²) >= 11 is 12.2. The Morgan fingerprint density at radius 1 is 1.15 bits per heavy atom. The average Bonchev–Trinajstić information content (AvgIpc) is 3.43. The zero-order valence-electron chi connectivity index (χ0n) is 17.7. The quantitative estimate of drug-likeness (QED) is 0.515. The van der Waals surface area contributed by atoms with Crippen molar-refractivity contribution in [3.8, 4) is 0 Å². The van der Waals surface area contributed by atoms with Gasteiger partial charge in [-0.15, -0.1) is 0 Å². The van der Waals surface area contributed by atoms with Crippen LogP contribution in [0.25, 0.3) is 11.0 Å². The standard InChI is InChI=1S/C22H22Cl2FN3O5/c1-22(2)32-17-16(15(30)11-4-3-10(23)7-13(11)14(25)8-29)31-21(18(17)33-22)28-6-5-12-19(24)26-9-27-20(12)28/h3-7,9,14-18,21,29-30H,8H2,1-2H3/t14?,15?,16-,17-,18-,21-/m1/s1. The van der Waals surface area contributed by atoms with E-state index in [-0.39, 0.29) is 16.1 Å². The van der Waals surface area contributed by atoms with E-state index in [1.807, 2.05) is 0 Å². The van der Waals surface area contributed by atoms with Crippen molar-refractivity contribution in [2.75, 3.05) is 6.61 Å². The number of fused-ring (bicyclic) bond motifs is 2. The number of aliphatic hydroxyl groups is 2. The van der Waals surface area contributed by atoms with Crippen LogP contribution in [0.1, 0.15) is 43.5 Å². The smallest absolute Gasteiger partial charge is 0.164 e. The van der Waals surface area contributed by atoms with Gasteiger partial charge in [0, 0.05) is 11.2 Å². The molecule has 2 saturated heterocycles. The van der Waals surface area contributed by atoms with E-state index < -0.39 is 49.2 Å². The van der Waals surface area contributed by atoms with Gasteiger partial charge >= 0.3 is 0 Å². The predicted molar refractivity (Wildman–Crippen MR) is 118 cm³/mol. The molecule has 2 N–H and O–H groups in total. The van der Waals surface area contributed by atoms with E-state index in [1.165, 1.54) is 18.5 Å². The number of hydrogen-bond donors (Lipinski definition) is 2. The van der Waals surface area contributed by atoms with Crippen molar-refractivity contribution in [3.05, 3.63) is 58.1 Å². The average molecular weight is 498 g/mol. The fourth-order valence-corrected chi connectivity index (χ4v) is 4.96. The molecule has 0 aliphatic carbocycles. The van der Waals surface area contributed by atoms with Crippen LogP contribution in [0.5, 0.6) is 0 Å². The number of rotatable bonds is 5. The van der Waals surface area contributed by atoms with Crippen molar-refractivity contribution >= 4 is 34.2 Å². The molecule has 4 heterocycles. The minimum Gasteiger partial charge on any atom is -0.393 e. The molecular weight excluding hydrogens is 476 g/mol. The molecule has 0 amide bonds. The molecule has 176 valence electrons. The Morgan fingerprint density at radius 3 is 2.67 bits per heavy atom. The SMILES string of the molecule is CC1(C)O[C@@H]2[C@H](O1)[C@@H](C(O)c1ccc(Cl)cc1C(F)CO)O[C@H]2n1ccc2c(Cl)ncnc21. The molecule has 0 spiro atoms. The molecule has 33 heavy (non-hydrogen) atoms. The summed E-state index contributed by atoms with van der Waals surface area (Å²) in [4.78, 5) is 8.32. The summed E-state index contributed by atoms with van der Waals surface area (Å²) in [5.41, 5.74) is 0.880. The monoisotopic (exact) mass is 497 g/mol. The third-order valence-corrected chi connectivity index (χ3v) is 6.51. The molecule has 0 radical (unpaired) electrons. The summed E-state index contributed by atoms with van der Waals surface area (Å²) in [5, 5.41) is 21.9. The molecule has 2 fully saturated rings. The number of benzene rings is 1. The lowest BCUT2D eigenvalue weighted by atomic mass is 9.93. The van der Waals surface area contributed by atoms with Crippen LogP contribution >= 0.6 is 23.2 Å². The van der Waals surface area contributed by atoms with E-state index >= 15 is 0 Å². The summed E-state index contributed by atoms with van der Waals surface area (Å²) in [7, 11) is 0. The Balaban J connectivity index is 1.55. The molecule has 2 aromatic heterocycles. The number of alkyl halides is 1. The molecule has 6 atom stereocenters. The van der Waals surface area contributed by atoms with Crippen LogP contribution in [0.2, 0.25) is 10.2 Å². The molecule has 2 aliphatic rings. The van der Waals surface area contributed by atoms with Crippen LogP contribution in [0.15, 0.2) is 36.8 Å². The Kier molecular flexibility index (Phi) is 5.85. The van der Waals surface area contributed by atoms with Crippen molar-refractivity contribution in [2.45, 2.75) is 56.5 Å². The summed E-state index contributed by atoms with van der Waals surface area (Å²) in [5.74, 6) is -0.929. The van der Waals surface area contributed by atoms with Crippen LogP contribution in [-0.4, -0.2) is 55.5 Å². The lowest BCUT2D eigenvalue weighted by Crippen LogP contribution is -2.34. The Bertz CT molecular complexity index is 1190. The first-order valence-corrected chi connectivity index (χ1v) is 11.2. The van der Waals surface area contributed by atoms with Gasteiger partial charge in [-0.2, -0.15) is 0 Å². The van der Waals surface area contributed by atoms with Gasteiger partial charge in [0.25, 0.3) is 0 Å². The number of nitrogens with zero attached hydrogens (tertiary/aromatic N) is 3. The third-order valence-electron chi connectivity index (χ3n) is 5.98. The topological polar surface area (TPSA) is 98.9 Å². The first-order chi connectivity index (χ1) is 15.7. The molecule has 2 unspecified atom stereocenters. The molecular formula is C22H22Cl2FN3O5. The first kappa shape index (κ1) is 22.9. The van der Waals surface area contributed by atoms with Gasteiger partial charge < -0.3 is 29.0 Å². The van der Waals surface area contributed by atoms with Gasteiger partial charge in [0.15, 0.2) is 12.0 Å². The van der Waals surface area contributed by atoms with Crippen LogP contribution in [0.3, 0.4) is 0 Å². The lowest BCUT2D eigenvalue weighted by molar-refractivity contribution is -0.207. The van der Waals surface area contributed by atoms with E-state index in [1.54, 1.807) is 36.7 Å². The van der Waals surface area contributed by atoms with Gasteiger partial charge in [0.1, 0.15) is 47.7 Å². The second-order valence-corrected chi connectivity index (χ2v) is 9.34. The molecule has 0 saturated carbocycles. The van der Waals surface area contributed by atoms with Crippen LogP contribution in [0, 0.1) is 0 Å². The summed E-state index contributed by atoms with van der Waals surface area (Å²) in [6, 6.07) is 6.23. The van der Waals surface area contributed by atoms with Gasteiger partial charge in [-0.05, 0) is 43.2 Å². The molecule has 5 rings (SSSR count). The molecule has 3 aromatic rings. The van der Waals surface area contributed by atoms with E-state index in [0.717, 1.165) is 0 Å². The van der Waals surface area contributed by atoms with Gasteiger partial charge in [0.05, 0.1) is 12.0 Å². The Morgan fingerprint density at radius 2 is 1.91 bits per heavy atom. The van der Waals surface area contributed by atoms with Crippen LogP contribution < -0.4 is 0 Å². The molecule has 1 aromatic carbocycles. The van der Waals surface area contributed by atoms with E-state index in [0.29, 0.717) is 16.2 Å². The van der Waals surface area contributed by atoms with Gasteiger partial charge in [-0.25, -0.2) is 14.4 Å². The summed E-state index contributed by atoms with van der Waals surface area (Å²) in [6.07, 6.45) is -2.73. The maximum atomic E-state index is 14.5. The minimum absolute atomic E-state index is 0.0882. The normalized spacial score (nSPS) is 28.2. The zero-order chi connectivity index (χ0) is 23.5. The number of aromatic nitrogens is 3. The fraction of sp³-hybridized carbons (Fsp3) is 0.455. The molecule has 8 nitrogen and oxygen atoms in total. The summed E-state index contributed by atoms with van der Waals surface area (Å²) in [6.45, 7) is 2.80. The van der Waals surface area contributed by atoms with Gasteiger partial charge in [0.2, 0.25) is 0 Å². The third kappa shape index (κ3) is 3.91. The Hall–Kier alpha value is -1.85. The number of hydrogen-bond acceptors (Lipinski definition) is 7. The van der Waals surface area contributed by atoms with Crippen molar-refractivity contribution in [1.82, 2.24) is 14.5 Å². The van der Waals surface area contributed by atoms with Crippen molar-refractivity contribution in [2.24, 2.45) is 0 Å². The van der Waals surface area contributed by atoms with Crippen molar-refractivity contribution in [1.29, 1.82) is 0 Å². The maximum Gasteiger partial charge on any atom is 0.164 e. The van der Waals surface area contributed by atoms with Crippen molar-refractivity contribution in [3.63, 3.8) is 0 Å². The molecule has 11 heteroatoms. The maximum absolute atomic E-state index is 14.5. The minimum atomic E-state index is -1.72. The second-order valence-electron chi connectivity index (χ2n) is 8.55. The molecule has 2 aliphatic heterocycles. The van der Waals surface area contributed by atoms with Crippen molar-refractivity contribution < 1.29 is 28.8 Å². The molecule has 0 bridgehead atoms. The van der Waals surface area contributed by atoms with Gasteiger partial charge in [-0.3, -0.25) is 0 Å². The first-order valence-electron chi connectivity index (χ1n) is 10.4. The highest BCUT2D eigenvalue weighted by Crippen LogP contribution is 2.48. The highest BCUT2D eigenvalue weighted by atomic mass is 35.5. The zero-order valence-corrected chi connectivity index (χ0v) is 19.2. The number of halogens is 3. The largest absolute Gasteiger partial charge is 0.393 e. The van der Waals surface area contributed by atoms with E-state index in [9.17, 15) is 14.6 Å². The van der Waals surface area contributed by atoms with Gasteiger partial charge in [-0.1, -0.05) is 29.3 Å². The van der Waals surface area contributed by atoms with E-state index in [4.69, 9.17) is 37.4 Å². The van der Waals surface area contributed by atoms with Crippen LogP contribution in [0.4, 0.5) is 4.39 Å². The predicted octanol–water partition coefficient (Wildman–Crippen LogP) is 3.89.